The normalized spacial score (nSPS) is 20.6. The molecule has 126 valence electrons. The lowest BCUT2D eigenvalue weighted by molar-refractivity contribution is 0.167. The van der Waals surface area contributed by atoms with Crippen molar-refractivity contribution in [3.63, 3.8) is 0 Å². The van der Waals surface area contributed by atoms with Gasteiger partial charge in [-0.05, 0) is 18.6 Å². The number of rotatable bonds is 13. The minimum atomic E-state index is -0.151. The van der Waals surface area contributed by atoms with Crippen molar-refractivity contribution in [2.45, 2.75) is 76.9 Å². The van der Waals surface area contributed by atoms with Crippen LogP contribution in [-0.2, 0) is 0 Å². The lowest BCUT2D eigenvalue weighted by Gasteiger charge is -2.26. The summed E-state index contributed by atoms with van der Waals surface area (Å²) >= 11 is 1.92. The molecule has 1 rings (SSSR count). The van der Waals surface area contributed by atoms with Crippen molar-refractivity contribution in [3.05, 3.63) is 0 Å². The van der Waals surface area contributed by atoms with Gasteiger partial charge in [-0.1, -0.05) is 51.9 Å². The topological polar surface area (TPSA) is 44.3 Å². The fraction of sp³-hybridized carbons (Fsp3) is 1.00. The first-order chi connectivity index (χ1) is 10.3. The summed E-state index contributed by atoms with van der Waals surface area (Å²) in [7, 11) is 0. The zero-order chi connectivity index (χ0) is 15.2. The first kappa shape index (κ1) is 19.3. The van der Waals surface area contributed by atoms with Crippen molar-refractivity contribution >= 4 is 11.8 Å². The van der Waals surface area contributed by atoms with E-state index in [4.69, 9.17) is 0 Å². The molecule has 0 spiro atoms. The third-order valence-electron chi connectivity index (χ3n) is 4.13. The Bertz CT molecular complexity index is 223. The van der Waals surface area contributed by atoms with Crippen LogP contribution in [0.1, 0.15) is 64.7 Å². The molecule has 0 saturated carbocycles. The Morgan fingerprint density at radius 1 is 1.05 bits per heavy atom. The van der Waals surface area contributed by atoms with Crippen LogP contribution in [-0.4, -0.2) is 48.4 Å². The van der Waals surface area contributed by atoms with Crippen LogP contribution >= 0.6 is 11.8 Å². The molecule has 1 aliphatic heterocycles. The number of aliphatic hydroxyl groups is 1. The molecule has 0 amide bonds. The van der Waals surface area contributed by atoms with Crippen LogP contribution in [0.15, 0.2) is 0 Å². The molecule has 3 nitrogen and oxygen atoms in total. The van der Waals surface area contributed by atoms with E-state index in [9.17, 15) is 5.11 Å². The molecule has 0 aromatic rings. The van der Waals surface area contributed by atoms with Crippen molar-refractivity contribution in [1.82, 2.24) is 10.6 Å². The van der Waals surface area contributed by atoms with E-state index in [2.05, 4.69) is 17.6 Å². The monoisotopic (exact) mass is 316 g/mol. The van der Waals surface area contributed by atoms with Gasteiger partial charge >= 0.3 is 0 Å². The molecule has 1 fully saturated rings. The standard InChI is InChI=1S/C17H36N2OS/c1-2-3-4-5-6-7-8-9-12-21-15-17(20)13-16-14-18-10-11-19-16/h16-20H,2-15H2,1H3. The number of aliphatic hydroxyl groups excluding tert-OH is 1. The average molecular weight is 317 g/mol. The zero-order valence-electron chi connectivity index (χ0n) is 13.9. The average Bonchev–Trinajstić information content (AvgIpc) is 2.50. The van der Waals surface area contributed by atoms with Crippen LogP contribution in [0.25, 0.3) is 0 Å². The molecule has 1 heterocycles. The Morgan fingerprint density at radius 2 is 1.76 bits per heavy atom. The number of thioether (sulfide) groups is 1. The second-order valence-corrected chi connectivity index (χ2v) is 7.44. The van der Waals surface area contributed by atoms with Gasteiger partial charge < -0.3 is 15.7 Å². The van der Waals surface area contributed by atoms with Gasteiger partial charge in [-0.3, -0.25) is 0 Å². The maximum atomic E-state index is 10.0. The van der Waals surface area contributed by atoms with Crippen LogP contribution in [0.3, 0.4) is 0 Å². The molecular weight excluding hydrogens is 280 g/mol. The summed E-state index contributed by atoms with van der Waals surface area (Å²) in [4.78, 5) is 0. The fourth-order valence-electron chi connectivity index (χ4n) is 2.83. The summed E-state index contributed by atoms with van der Waals surface area (Å²) in [6, 6.07) is 0.456. The number of hydrogen-bond donors (Lipinski definition) is 3. The van der Waals surface area contributed by atoms with E-state index in [0.29, 0.717) is 6.04 Å². The fourth-order valence-corrected chi connectivity index (χ4v) is 3.82. The second kappa shape index (κ2) is 13.9. The van der Waals surface area contributed by atoms with Gasteiger partial charge in [0.05, 0.1) is 6.10 Å². The molecule has 4 heteroatoms. The van der Waals surface area contributed by atoms with E-state index >= 15 is 0 Å². The third kappa shape index (κ3) is 11.5. The maximum absolute atomic E-state index is 10.0. The van der Waals surface area contributed by atoms with Crippen LogP contribution in [0, 0.1) is 0 Å². The summed E-state index contributed by atoms with van der Waals surface area (Å²) < 4.78 is 0. The molecule has 1 aliphatic rings. The molecular formula is C17H36N2OS. The highest BCUT2D eigenvalue weighted by Gasteiger charge is 2.16. The molecule has 1 saturated heterocycles. The molecule has 0 aliphatic carbocycles. The van der Waals surface area contributed by atoms with E-state index < -0.39 is 0 Å². The van der Waals surface area contributed by atoms with Gasteiger partial charge in [0.1, 0.15) is 0 Å². The Hall–Kier alpha value is 0.230. The highest BCUT2D eigenvalue weighted by atomic mass is 32.2. The van der Waals surface area contributed by atoms with E-state index in [0.717, 1.165) is 31.8 Å². The summed E-state index contributed by atoms with van der Waals surface area (Å²) in [5.74, 6) is 2.11. The number of hydrogen-bond acceptors (Lipinski definition) is 4. The highest BCUT2D eigenvalue weighted by Crippen LogP contribution is 2.13. The van der Waals surface area contributed by atoms with Gasteiger partial charge in [0.15, 0.2) is 0 Å². The Balaban J connectivity index is 1.80. The Kier molecular flexibility index (Phi) is 12.7. The van der Waals surface area contributed by atoms with E-state index in [-0.39, 0.29) is 6.10 Å². The minimum Gasteiger partial charge on any atom is -0.392 e. The number of nitrogens with one attached hydrogen (secondary N) is 2. The molecule has 0 aromatic heterocycles. The predicted octanol–water partition coefficient (Wildman–Crippen LogP) is 3.17. The number of piperazine rings is 1. The van der Waals surface area contributed by atoms with Crippen LogP contribution in [0.4, 0.5) is 0 Å². The molecule has 0 radical (unpaired) electrons. The van der Waals surface area contributed by atoms with Crippen molar-refractivity contribution in [2.24, 2.45) is 0 Å². The SMILES string of the molecule is CCCCCCCCCCSCC(O)CC1CNCCN1. The van der Waals surface area contributed by atoms with Gasteiger partial charge in [0.25, 0.3) is 0 Å². The Morgan fingerprint density at radius 3 is 2.43 bits per heavy atom. The highest BCUT2D eigenvalue weighted by molar-refractivity contribution is 7.99. The lowest BCUT2D eigenvalue weighted by Crippen LogP contribution is -2.49. The summed E-state index contributed by atoms with van der Waals surface area (Å²) in [5, 5.41) is 16.9. The largest absolute Gasteiger partial charge is 0.392 e. The second-order valence-electron chi connectivity index (χ2n) is 6.29. The first-order valence-corrected chi connectivity index (χ1v) is 10.2. The molecule has 2 unspecified atom stereocenters. The van der Waals surface area contributed by atoms with Gasteiger partial charge in [-0.2, -0.15) is 11.8 Å². The molecule has 3 N–H and O–H groups in total. The lowest BCUT2D eigenvalue weighted by atomic mass is 10.1. The van der Waals surface area contributed by atoms with E-state index in [1.165, 1.54) is 57.1 Å². The van der Waals surface area contributed by atoms with Gasteiger partial charge in [0.2, 0.25) is 0 Å². The van der Waals surface area contributed by atoms with Crippen LogP contribution in [0.2, 0.25) is 0 Å². The molecule has 0 bridgehead atoms. The number of unbranched alkanes of at least 4 members (excludes halogenated alkanes) is 7. The van der Waals surface area contributed by atoms with Crippen molar-refractivity contribution < 1.29 is 5.11 Å². The van der Waals surface area contributed by atoms with Crippen molar-refractivity contribution in [1.29, 1.82) is 0 Å². The summed E-state index contributed by atoms with van der Waals surface area (Å²) in [6.45, 7) is 5.36. The van der Waals surface area contributed by atoms with Crippen LogP contribution in [0.5, 0.6) is 0 Å². The van der Waals surface area contributed by atoms with Gasteiger partial charge in [0, 0.05) is 31.4 Å². The summed E-state index contributed by atoms with van der Waals surface area (Å²) in [6.07, 6.45) is 11.8. The maximum Gasteiger partial charge on any atom is 0.0645 e. The van der Waals surface area contributed by atoms with Crippen molar-refractivity contribution in [3.8, 4) is 0 Å². The minimum absolute atomic E-state index is 0.151. The molecule has 21 heavy (non-hydrogen) atoms. The van der Waals surface area contributed by atoms with E-state index in [1.807, 2.05) is 11.8 Å². The van der Waals surface area contributed by atoms with Crippen molar-refractivity contribution in [2.75, 3.05) is 31.1 Å². The Labute approximate surface area is 136 Å². The van der Waals surface area contributed by atoms with Crippen LogP contribution < -0.4 is 10.6 Å². The third-order valence-corrected chi connectivity index (χ3v) is 5.33. The predicted molar refractivity (Wildman–Crippen MR) is 95.2 cm³/mol. The van der Waals surface area contributed by atoms with Gasteiger partial charge in [-0.15, -0.1) is 0 Å². The molecule has 2 atom stereocenters. The smallest absolute Gasteiger partial charge is 0.0645 e. The molecule has 0 aromatic carbocycles. The van der Waals surface area contributed by atoms with E-state index in [1.54, 1.807) is 0 Å². The first-order valence-electron chi connectivity index (χ1n) is 9.02. The van der Waals surface area contributed by atoms with Gasteiger partial charge in [-0.25, -0.2) is 0 Å². The summed E-state index contributed by atoms with van der Waals surface area (Å²) in [5.41, 5.74) is 0. The quantitative estimate of drug-likeness (QED) is 0.457. The zero-order valence-corrected chi connectivity index (χ0v) is 14.7.